The Kier molecular flexibility index (Phi) is 3.43. The Balaban J connectivity index is 2.45. The molecule has 1 aromatic carbocycles. The Hall–Kier alpha value is -2.14. The predicted octanol–water partition coefficient (Wildman–Crippen LogP) is 1.73. The fourth-order valence-electron chi connectivity index (χ4n) is 1.69. The molecule has 1 unspecified atom stereocenters. The van der Waals surface area contributed by atoms with Crippen molar-refractivity contribution in [1.29, 1.82) is 0 Å². The smallest absolute Gasteiger partial charge is 0.335 e. The molecule has 0 aliphatic carbocycles. The van der Waals surface area contributed by atoms with E-state index in [1.54, 1.807) is 31.3 Å². The van der Waals surface area contributed by atoms with Gasteiger partial charge in [-0.1, -0.05) is 6.07 Å². The van der Waals surface area contributed by atoms with Gasteiger partial charge in [0.15, 0.2) is 0 Å². The van der Waals surface area contributed by atoms with Crippen LogP contribution in [-0.2, 0) is 0 Å². The van der Waals surface area contributed by atoms with Gasteiger partial charge in [0.05, 0.1) is 11.7 Å². The average molecular weight is 246 g/mol. The number of hydrogen-bond acceptors (Lipinski definition) is 4. The minimum absolute atomic E-state index is 0.218. The van der Waals surface area contributed by atoms with Gasteiger partial charge in [0, 0.05) is 18.1 Å². The first-order valence-electron chi connectivity index (χ1n) is 5.62. The van der Waals surface area contributed by atoms with E-state index in [0.717, 1.165) is 10.8 Å². The van der Waals surface area contributed by atoms with Crippen LogP contribution < -0.4 is 5.32 Å². The van der Waals surface area contributed by atoms with Crippen LogP contribution in [0.4, 0.5) is 5.82 Å². The fraction of sp³-hybridized carbons (Fsp3) is 0.231. The van der Waals surface area contributed by atoms with Crippen LogP contribution in [0.5, 0.6) is 0 Å². The van der Waals surface area contributed by atoms with Gasteiger partial charge in [0.1, 0.15) is 5.82 Å². The van der Waals surface area contributed by atoms with Gasteiger partial charge < -0.3 is 15.5 Å². The van der Waals surface area contributed by atoms with E-state index < -0.39 is 12.1 Å². The van der Waals surface area contributed by atoms with Crippen LogP contribution >= 0.6 is 0 Å². The quantitative estimate of drug-likeness (QED) is 0.765. The van der Waals surface area contributed by atoms with E-state index in [4.69, 9.17) is 5.11 Å². The number of rotatable bonds is 4. The van der Waals surface area contributed by atoms with Crippen molar-refractivity contribution in [3.8, 4) is 0 Å². The highest BCUT2D eigenvalue weighted by molar-refractivity contribution is 5.98. The largest absolute Gasteiger partial charge is 0.478 e. The summed E-state index contributed by atoms with van der Waals surface area (Å²) in [6.45, 7) is 2.03. The molecule has 0 aliphatic rings. The summed E-state index contributed by atoms with van der Waals surface area (Å²) in [5.74, 6) is -0.390. The van der Waals surface area contributed by atoms with E-state index in [9.17, 15) is 9.90 Å². The van der Waals surface area contributed by atoms with E-state index in [2.05, 4.69) is 10.3 Å². The molecule has 0 aliphatic heterocycles. The normalized spacial score (nSPS) is 12.3. The van der Waals surface area contributed by atoms with Crippen molar-refractivity contribution < 1.29 is 15.0 Å². The van der Waals surface area contributed by atoms with Crippen LogP contribution in [0.15, 0.2) is 30.5 Å². The third-order valence-corrected chi connectivity index (χ3v) is 2.58. The minimum Gasteiger partial charge on any atom is -0.478 e. The van der Waals surface area contributed by atoms with Crippen molar-refractivity contribution in [1.82, 2.24) is 4.98 Å². The lowest BCUT2D eigenvalue weighted by atomic mass is 10.1. The van der Waals surface area contributed by atoms with Crippen molar-refractivity contribution >= 4 is 22.6 Å². The number of aromatic nitrogens is 1. The second-order valence-electron chi connectivity index (χ2n) is 4.13. The molecule has 5 heteroatoms. The maximum absolute atomic E-state index is 10.9. The minimum atomic E-state index is -0.970. The molecule has 1 atom stereocenters. The highest BCUT2D eigenvalue weighted by Crippen LogP contribution is 2.22. The van der Waals surface area contributed by atoms with Gasteiger partial charge in [0.25, 0.3) is 0 Å². The molecule has 94 valence electrons. The molecule has 0 spiro atoms. The summed E-state index contributed by atoms with van der Waals surface area (Å²) >= 11 is 0. The number of pyridine rings is 1. The lowest BCUT2D eigenvalue weighted by Gasteiger charge is -2.10. The zero-order valence-electron chi connectivity index (χ0n) is 9.92. The number of benzene rings is 1. The maximum atomic E-state index is 10.9. The summed E-state index contributed by atoms with van der Waals surface area (Å²) in [6.07, 6.45) is 1.15. The number of nitrogens with zero attached hydrogens (tertiary/aromatic N) is 1. The molecule has 0 amide bonds. The molecule has 3 N–H and O–H groups in total. The van der Waals surface area contributed by atoms with Crippen LogP contribution in [0.3, 0.4) is 0 Å². The van der Waals surface area contributed by atoms with Gasteiger partial charge in [-0.05, 0) is 30.5 Å². The van der Waals surface area contributed by atoms with Crippen LogP contribution in [0.1, 0.15) is 17.3 Å². The number of nitrogens with one attached hydrogen (secondary N) is 1. The second-order valence-corrected chi connectivity index (χ2v) is 4.13. The number of carboxylic acids is 1. The molecule has 1 heterocycles. The van der Waals surface area contributed by atoms with Gasteiger partial charge in [-0.15, -0.1) is 0 Å². The first kappa shape index (κ1) is 12.3. The second kappa shape index (κ2) is 5.01. The summed E-state index contributed by atoms with van der Waals surface area (Å²) in [7, 11) is 0. The molecule has 0 radical (unpaired) electrons. The number of hydrogen-bond donors (Lipinski definition) is 3. The van der Waals surface area contributed by atoms with E-state index >= 15 is 0 Å². The molecule has 0 saturated carbocycles. The molecular formula is C13H14N2O3. The summed E-state index contributed by atoms with van der Waals surface area (Å²) in [5, 5.41) is 22.9. The lowest BCUT2D eigenvalue weighted by Crippen LogP contribution is -2.16. The zero-order valence-corrected chi connectivity index (χ0v) is 9.92. The Morgan fingerprint density at radius 1 is 1.44 bits per heavy atom. The van der Waals surface area contributed by atoms with Crippen LogP contribution in [0.2, 0.25) is 0 Å². The summed E-state index contributed by atoms with van der Waals surface area (Å²) in [5.41, 5.74) is 0.218. The molecular weight excluding hydrogens is 232 g/mol. The van der Waals surface area contributed by atoms with Crippen molar-refractivity contribution in [2.75, 3.05) is 11.9 Å². The Labute approximate surface area is 104 Å². The number of anilines is 1. The van der Waals surface area contributed by atoms with Gasteiger partial charge in [0.2, 0.25) is 0 Å². The van der Waals surface area contributed by atoms with Gasteiger partial charge in [-0.3, -0.25) is 0 Å². The van der Waals surface area contributed by atoms with Crippen molar-refractivity contribution in [2.45, 2.75) is 13.0 Å². The standard InChI is InChI=1S/C13H14N2O3/c1-8(16)7-15-12-11-6-10(13(17)18)3-2-9(11)4-5-14-12/h2-6,8,16H,7H2,1H3,(H,14,15)(H,17,18). The van der Waals surface area contributed by atoms with Crippen molar-refractivity contribution in [2.24, 2.45) is 0 Å². The van der Waals surface area contributed by atoms with Gasteiger partial charge in [-0.25, -0.2) is 9.78 Å². The van der Waals surface area contributed by atoms with Crippen LogP contribution in [0, 0.1) is 0 Å². The Morgan fingerprint density at radius 2 is 2.22 bits per heavy atom. The van der Waals surface area contributed by atoms with Crippen molar-refractivity contribution in [3.05, 3.63) is 36.0 Å². The third-order valence-electron chi connectivity index (χ3n) is 2.58. The van der Waals surface area contributed by atoms with E-state index in [1.807, 2.05) is 6.07 Å². The summed E-state index contributed by atoms with van der Waals surface area (Å²) < 4.78 is 0. The molecule has 0 bridgehead atoms. The number of aliphatic hydroxyl groups excluding tert-OH is 1. The maximum Gasteiger partial charge on any atom is 0.335 e. The van der Waals surface area contributed by atoms with E-state index in [1.165, 1.54) is 0 Å². The molecule has 0 saturated heterocycles. The monoisotopic (exact) mass is 246 g/mol. The predicted molar refractivity (Wildman–Crippen MR) is 68.9 cm³/mol. The Bertz CT molecular complexity index is 581. The average Bonchev–Trinajstić information content (AvgIpc) is 2.35. The van der Waals surface area contributed by atoms with Gasteiger partial charge in [-0.2, -0.15) is 0 Å². The number of carbonyl (C=O) groups is 1. The first-order valence-corrected chi connectivity index (χ1v) is 5.62. The number of fused-ring (bicyclic) bond motifs is 1. The van der Waals surface area contributed by atoms with E-state index in [0.29, 0.717) is 12.4 Å². The van der Waals surface area contributed by atoms with Crippen LogP contribution in [-0.4, -0.2) is 33.8 Å². The molecule has 2 aromatic rings. The molecule has 1 aromatic heterocycles. The van der Waals surface area contributed by atoms with Crippen molar-refractivity contribution in [3.63, 3.8) is 0 Å². The first-order chi connectivity index (χ1) is 8.58. The van der Waals surface area contributed by atoms with E-state index in [-0.39, 0.29) is 5.56 Å². The summed E-state index contributed by atoms with van der Waals surface area (Å²) in [6, 6.07) is 6.70. The number of carboxylic acid groups (broad SMARTS) is 1. The number of aromatic carboxylic acids is 1. The van der Waals surface area contributed by atoms with Gasteiger partial charge >= 0.3 is 5.97 Å². The molecule has 18 heavy (non-hydrogen) atoms. The molecule has 0 fully saturated rings. The van der Waals surface area contributed by atoms with Crippen LogP contribution in [0.25, 0.3) is 10.8 Å². The topological polar surface area (TPSA) is 82.5 Å². The SMILES string of the molecule is CC(O)CNc1nccc2ccc(C(=O)O)cc12. The highest BCUT2D eigenvalue weighted by Gasteiger charge is 2.07. The fourth-order valence-corrected chi connectivity index (χ4v) is 1.69. The third kappa shape index (κ3) is 2.57. The highest BCUT2D eigenvalue weighted by atomic mass is 16.4. The lowest BCUT2D eigenvalue weighted by molar-refractivity contribution is 0.0697. The number of aliphatic hydroxyl groups is 1. The molecule has 2 rings (SSSR count). The summed E-state index contributed by atoms with van der Waals surface area (Å²) in [4.78, 5) is 15.1. The zero-order chi connectivity index (χ0) is 13.1. The molecule has 5 nitrogen and oxygen atoms in total. The Morgan fingerprint density at radius 3 is 2.89 bits per heavy atom.